The molecular formula is C3H3NaO3. The van der Waals surface area contributed by atoms with Gasteiger partial charge < -0.3 is 9.90 Å². The fourth-order valence-electron chi connectivity index (χ4n) is 0. The first kappa shape index (κ1) is 10.2. The van der Waals surface area contributed by atoms with E-state index in [0.29, 0.717) is 0 Å². The molecule has 0 unspecified atom stereocenters. The predicted molar refractivity (Wildman–Crippen MR) is 15.7 cm³/mol. The summed E-state index contributed by atoms with van der Waals surface area (Å²) in [6.45, 7) is 0.940. The van der Waals surface area contributed by atoms with Crippen LogP contribution in [0.1, 0.15) is 6.92 Å². The Morgan fingerprint density at radius 3 is 1.57 bits per heavy atom. The first-order chi connectivity index (χ1) is 2.64. The van der Waals surface area contributed by atoms with Gasteiger partial charge in [-0.05, 0) is 0 Å². The van der Waals surface area contributed by atoms with E-state index in [4.69, 9.17) is 0 Å². The van der Waals surface area contributed by atoms with E-state index in [9.17, 15) is 14.7 Å². The van der Waals surface area contributed by atoms with Gasteiger partial charge in [0.25, 0.3) is 0 Å². The largest absolute Gasteiger partial charge is 1.00 e. The summed E-state index contributed by atoms with van der Waals surface area (Å²) in [6.07, 6.45) is 0. The monoisotopic (exact) mass is 111 g/mol. The Bertz CT molecular complexity index is 76.2. The molecule has 0 aliphatic rings. The third-order valence-electron chi connectivity index (χ3n) is 0.287. The van der Waals surface area contributed by atoms with Crippen LogP contribution in [0, 0.1) is 0 Å². The summed E-state index contributed by atoms with van der Waals surface area (Å²) >= 11 is 0. The van der Waals surface area contributed by atoms with Crippen molar-refractivity contribution in [2.24, 2.45) is 0 Å². The van der Waals surface area contributed by atoms with E-state index in [1.165, 1.54) is 0 Å². The van der Waals surface area contributed by atoms with E-state index in [2.05, 4.69) is 0 Å². The van der Waals surface area contributed by atoms with Crippen LogP contribution in [0.4, 0.5) is 0 Å². The van der Waals surface area contributed by atoms with Crippen LogP contribution in [-0.4, -0.2) is 11.8 Å². The maximum Gasteiger partial charge on any atom is 1.00 e. The van der Waals surface area contributed by atoms with Gasteiger partial charge in [0, 0.05) is 6.92 Å². The summed E-state index contributed by atoms with van der Waals surface area (Å²) in [4.78, 5) is 18.7. The number of carboxylic acids is 1. The zero-order valence-corrected chi connectivity index (χ0v) is 6.22. The first-order valence-corrected chi connectivity index (χ1v) is 1.36. The van der Waals surface area contributed by atoms with Gasteiger partial charge in [0.1, 0.15) is 5.97 Å². The second-order valence-electron chi connectivity index (χ2n) is 0.844. The Kier molecular flexibility index (Phi) is 6.26. The minimum Gasteiger partial charge on any atom is -0.542 e. The Morgan fingerprint density at radius 2 is 1.57 bits per heavy atom. The molecule has 3 nitrogen and oxygen atoms in total. The standard InChI is InChI=1S/C3H4O3.Na/c1-2(4)3(5)6;/h1H3,(H,5,6);/q;+1/p-1/i2+1;. The molecule has 0 saturated heterocycles. The summed E-state index contributed by atoms with van der Waals surface area (Å²) < 4.78 is 0. The predicted octanol–water partition coefficient (Wildman–Crippen LogP) is -4.67. The van der Waals surface area contributed by atoms with Crippen LogP contribution < -0.4 is 34.7 Å². The van der Waals surface area contributed by atoms with Gasteiger partial charge in [0.05, 0.1) is 0 Å². The molecule has 0 heterocycles. The van der Waals surface area contributed by atoms with Crippen LogP contribution in [0.2, 0.25) is 0 Å². The Balaban J connectivity index is 0. The minimum atomic E-state index is -1.63. The molecule has 0 aliphatic heterocycles. The van der Waals surface area contributed by atoms with E-state index in [1.807, 2.05) is 0 Å². The van der Waals surface area contributed by atoms with Crippen LogP contribution in [0.25, 0.3) is 0 Å². The van der Waals surface area contributed by atoms with Crippen molar-refractivity contribution in [3.05, 3.63) is 0 Å². The molecule has 0 aromatic heterocycles. The number of aliphatic carboxylic acids is 1. The number of carbonyl (C=O) groups excluding carboxylic acids is 2. The summed E-state index contributed by atoms with van der Waals surface area (Å²) in [7, 11) is 0. The minimum absolute atomic E-state index is 0. The molecule has 0 radical (unpaired) electrons. The number of hydrogen-bond acceptors (Lipinski definition) is 3. The van der Waals surface area contributed by atoms with Crippen molar-refractivity contribution in [1.82, 2.24) is 0 Å². The van der Waals surface area contributed by atoms with E-state index < -0.39 is 11.8 Å². The molecular weight excluding hydrogens is 108 g/mol. The summed E-state index contributed by atoms with van der Waals surface area (Å²) in [6, 6.07) is 0. The van der Waals surface area contributed by atoms with Gasteiger partial charge in [-0.15, -0.1) is 0 Å². The molecule has 0 amide bonds. The Hall–Kier alpha value is 0.140. The van der Waals surface area contributed by atoms with Crippen molar-refractivity contribution < 1.29 is 44.3 Å². The van der Waals surface area contributed by atoms with E-state index in [-0.39, 0.29) is 29.6 Å². The average molecular weight is 111 g/mol. The van der Waals surface area contributed by atoms with Gasteiger partial charge in [-0.2, -0.15) is 0 Å². The van der Waals surface area contributed by atoms with Gasteiger partial charge in [0.15, 0.2) is 5.78 Å². The second-order valence-corrected chi connectivity index (χ2v) is 0.844. The average Bonchev–Trinajstić information content (AvgIpc) is 1.36. The number of rotatable bonds is 1. The molecule has 0 atom stereocenters. The molecule has 0 bridgehead atoms. The van der Waals surface area contributed by atoms with Gasteiger partial charge in [-0.25, -0.2) is 0 Å². The van der Waals surface area contributed by atoms with Crippen molar-refractivity contribution >= 4 is 11.8 Å². The smallest absolute Gasteiger partial charge is 0.542 e. The topological polar surface area (TPSA) is 57.2 Å². The summed E-state index contributed by atoms with van der Waals surface area (Å²) in [5.41, 5.74) is 0. The van der Waals surface area contributed by atoms with Gasteiger partial charge >= 0.3 is 29.6 Å². The quantitative estimate of drug-likeness (QED) is 0.194. The number of hydrogen-bond donors (Lipinski definition) is 0. The van der Waals surface area contributed by atoms with Crippen molar-refractivity contribution in [2.45, 2.75) is 6.92 Å². The second kappa shape index (κ2) is 4.30. The van der Waals surface area contributed by atoms with Crippen LogP contribution in [0.3, 0.4) is 0 Å². The van der Waals surface area contributed by atoms with E-state index >= 15 is 0 Å². The fourth-order valence-corrected chi connectivity index (χ4v) is 0. The third kappa shape index (κ3) is 6.14. The zero-order valence-electron chi connectivity index (χ0n) is 4.22. The number of Topliss-reactive ketones (excluding diaryl/α,β-unsaturated/α-hetero) is 1. The van der Waals surface area contributed by atoms with Crippen molar-refractivity contribution in [3.8, 4) is 0 Å². The molecule has 4 heteroatoms. The van der Waals surface area contributed by atoms with Crippen molar-refractivity contribution in [1.29, 1.82) is 0 Å². The Labute approximate surface area is 63.0 Å². The maximum atomic E-state index is 9.48. The molecule has 0 aliphatic carbocycles. The SMILES string of the molecule is C[13C](=O)C(=O)[O-].[Na+]. The van der Waals surface area contributed by atoms with Crippen LogP contribution >= 0.6 is 0 Å². The number of carbonyl (C=O) groups is 2. The van der Waals surface area contributed by atoms with Crippen LogP contribution in [0.5, 0.6) is 0 Å². The molecule has 0 saturated carbocycles. The third-order valence-corrected chi connectivity index (χ3v) is 0.287. The van der Waals surface area contributed by atoms with E-state index in [1.54, 1.807) is 0 Å². The van der Waals surface area contributed by atoms with Crippen molar-refractivity contribution in [2.75, 3.05) is 0 Å². The molecule has 0 aromatic rings. The zero-order chi connectivity index (χ0) is 5.15. The normalized spacial score (nSPS) is 6.43. The van der Waals surface area contributed by atoms with Gasteiger partial charge in [-0.3, -0.25) is 4.79 Å². The first-order valence-electron chi connectivity index (χ1n) is 1.36. The molecule has 0 fully saturated rings. The molecule has 7 heavy (non-hydrogen) atoms. The van der Waals surface area contributed by atoms with E-state index in [0.717, 1.165) is 6.92 Å². The number of carboxylic acid groups (broad SMARTS) is 1. The number of ketones is 1. The molecule has 0 rings (SSSR count). The fraction of sp³-hybridized carbons (Fsp3) is 0.333. The van der Waals surface area contributed by atoms with Gasteiger partial charge in [0.2, 0.25) is 0 Å². The molecule has 0 spiro atoms. The molecule has 0 aromatic carbocycles. The molecule has 0 N–H and O–H groups in total. The Morgan fingerprint density at radius 1 is 1.43 bits per heavy atom. The maximum absolute atomic E-state index is 9.48. The van der Waals surface area contributed by atoms with Crippen LogP contribution in [0.15, 0.2) is 0 Å². The molecule has 34 valence electrons. The van der Waals surface area contributed by atoms with Crippen molar-refractivity contribution in [3.63, 3.8) is 0 Å². The summed E-state index contributed by atoms with van der Waals surface area (Å²) in [5, 5.41) is 9.24. The van der Waals surface area contributed by atoms with Crippen LogP contribution in [-0.2, 0) is 9.59 Å². The summed E-state index contributed by atoms with van der Waals surface area (Å²) in [5.74, 6) is -2.56. The van der Waals surface area contributed by atoms with Gasteiger partial charge in [-0.1, -0.05) is 0 Å².